The first-order valence-corrected chi connectivity index (χ1v) is 12.4. The highest BCUT2D eigenvalue weighted by Crippen LogP contribution is 2.34. The minimum absolute atomic E-state index is 0.0163. The summed E-state index contributed by atoms with van der Waals surface area (Å²) >= 11 is 5.11. The monoisotopic (exact) mass is 541 g/mol. The lowest BCUT2D eigenvalue weighted by Gasteiger charge is -2.18. The number of rotatable bonds is 8. The van der Waals surface area contributed by atoms with Crippen LogP contribution in [0.5, 0.6) is 0 Å². The fraction of sp³-hybridized carbons (Fsp3) is 0.318. The first-order valence-electron chi connectivity index (χ1n) is 9.89. The van der Waals surface area contributed by atoms with E-state index in [2.05, 4.69) is 26.2 Å². The number of nitrogens with zero attached hydrogens (tertiary/aromatic N) is 2. The molecule has 1 N–H and O–H groups in total. The quantitative estimate of drug-likeness (QED) is 0.394. The molecule has 0 spiro atoms. The number of alkyl halides is 2. The molecule has 10 heteroatoms. The van der Waals surface area contributed by atoms with Gasteiger partial charge in [0.15, 0.2) is 5.17 Å². The van der Waals surface area contributed by atoms with Gasteiger partial charge < -0.3 is 5.32 Å². The van der Waals surface area contributed by atoms with Gasteiger partial charge in [0.2, 0.25) is 11.8 Å². The van der Waals surface area contributed by atoms with Gasteiger partial charge in [-0.15, -0.1) is 0 Å². The van der Waals surface area contributed by atoms with E-state index < -0.39 is 11.0 Å². The van der Waals surface area contributed by atoms with Crippen LogP contribution in [0.2, 0.25) is 0 Å². The van der Waals surface area contributed by atoms with E-state index in [1.807, 2.05) is 32.0 Å². The fourth-order valence-corrected chi connectivity index (χ4v) is 5.05. The van der Waals surface area contributed by atoms with Gasteiger partial charge in [-0.2, -0.15) is 8.78 Å². The zero-order valence-electron chi connectivity index (χ0n) is 17.4. The van der Waals surface area contributed by atoms with Gasteiger partial charge in [0, 0.05) is 22.3 Å². The number of anilines is 1. The molecule has 0 saturated carbocycles. The maximum Gasteiger partial charge on any atom is 0.288 e. The van der Waals surface area contributed by atoms with E-state index in [0.29, 0.717) is 39.7 Å². The molecule has 0 bridgehead atoms. The summed E-state index contributed by atoms with van der Waals surface area (Å²) in [6, 6.07) is 13.7. The molecule has 0 radical (unpaired) electrons. The largest absolute Gasteiger partial charge is 0.325 e. The Morgan fingerprint density at radius 2 is 1.91 bits per heavy atom. The number of carbonyl (C=O) groups is 2. The van der Waals surface area contributed by atoms with Crippen molar-refractivity contribution in [1.29, 1.82) is 0 Å². The second kappa shape index (κ2) is 11.3. The van der Waals surface area contributed by atoms with Gasteiger partial charge in [0.1, 0.15) is 5.25 Å². The van der Waals surface area contributed by atoms with Crippen LogP contribution < -0.4 is 5.32 Å². The summed E-state index contributed by atoms with van der Waals surface area (Å²) in [7, 11) is 0. The normalized spacial score (nSPS) is 17.6. The van der Waals surface area contributed by atoms with E-state index in [-0.39, 0.29) is 24.2 Å². The van der Waals surface area contributed by atoms with Crippen molar-refractivity contribution in [3.05, 3.63) is 53.0 Å². The average molecular weight is 542 g/mol. The van der Waals surface area contributed by atoms with Crippen LogP contribution in [0.25, 0.3) is 0 Å². The van der Waals surface area contributed by atoms with Gasteiger partial charge in [-0.25, -0.2) is 4.99 Å². The Labute approximate surface area is 202 Å². The van der Waals surface area contributed by atoms with Crippen LogP contribution in [0.4, 0.5) is 20.2 Å². The molecule has 1 heterocycles. The third-order valence-electron chi connectivity index (χ3n) is 4.37. The van der Waals surface area contributed by atoms with Gasteiger partial charge in [0.25, 0.3) is 5.76 Å². The number of carbonyl (C=O) groups excluding carboxylic acids is 2. The van der Waals surface area contributed by atoms with Crippen molar-refractivity contribution in [3.8, 4) is 0 Å². The molecule has 1 fully saturated rings. The number of nitrogens with one attached hydrogen (secondary N) is 1. The van der Waals surface area contributed by atoms with Crippen molar-refractivity contribution in [2.24, 2.45) is 10.9 Å². The zero-order chi connectivity index (χ0) is 23.3. The van der Waals surface area contributed by atoms with Crippen molar-refractivity contribution in [3.63, 3.8) is 0 Å². The molecule has 1 atom stereocenters. The van der Waals surface area contributed by atoms with Crippen molar-refractivity contribution in [2.45, 2.75) is 36.2 Å². The average Bonchev–Trinajstić information content (AvgIpc) is 2.99. The van der Waals surface area contributed by atoms with Crippen LogP contribution >= 0.6 is 39.5 Å². The molecule has 1 saturated heterocycles. The highest BCUT2D eigenvalue weighted by atomic mass is 79.9. The molecule has 32 heavy (non-hydrogen) atoms. The number of amides is 2. The van der Waals surface area contributed by atoms with E-state index in [4.69, 9.17) is 0 Å². The van der Waals surface area contributed by atoms with Crippen LogP contribution in [0.3, 0.4) is 0 Å². The molecule has 1 aliphatic heterocycles. The second-order valence-corrected chi connectivity index (χ2v) is 10.5. The topological polar surface area (TPSA) is 61.8 Å². The summed E-state index contributed by atoms with van der Waals surface area (Å²) in [4.78, 5) is 32.2. The molecule has 1 aliphatic rings. The molecule has 3 rings (SSSR count). The number of hydrogen-bond acceptors (Lipinski definition) is 5. The molecule has 0 aromatic heterocycles. The number of hydrogen-bond donors (Lipinski definition) is 1. The summed E-state index contributed by atoms with van der Waals surface area (Å²) in [5.41, 5.74) is 1.20. The molecule has 0 unspecified atom stereocenters. The maximum absolute atomic E-state index is 13.0. The Morgan fingerprint density at radius 1 is 1.22 bits per heavy atom. The van der Waals surface area contributed by atoms with Gasteiger partial charge in [0.05, 0.1) is 11.4 Å². The minimum atomic E-state index is -2.49. The second-order valence-electron chi connectivity index (χ2n) is 7.45. The molecule has 2 amide bonds. The Hall–Kier alpha value is -1.91. The highest BCUT2D eigenvalue weighted by molar-refractivity contribution is 9.10. The third-order valence-corrected chi connectivity index (χ3v) is 6.96. The van der Waals surface area contributed by atoms with Crippen molar-refractivity contribution in [1.82, 2.24) is 4.90 Å². The number of halogens is 3. The van der Waals surface area contributed by atoms with E-state index in [1.165, 1.54) is 11.8 Å². The molecular formula is C22H22BrF2N3O2S2. The predicted octanol–water partition coefficient (Wildman–Crippen LogP) is 6.38. The van der Waals surface area contributed by atoms with Crippen LogP contribution in [0.15, 0.2) is 62.9 Å². The van der Waals surface area contributed by atoms with Gasteiger partial charge in [-0.05, 0) is 58.2 Å². The minimum Gasteiger partial charge on any atom is -0.325 e. The fourth-order valence-electron chi connectivity index (χ4n) is 3.00. The molecule has 2 aromatic rings. The number of benzene rings is 2. The number of amidine groups is 1. The molecule has 0 aliphatic carbocycles. The first kappa shape index (κ1) is 24.7. The number of aliphatic imine (C=N–C) groups is 1. The molecular weight excluding hydrogens is 520 g/mol. The summed E-state index contributed by atoms with van der Waals surface area (Å²) in [5.74, 6) is -2.70. The van der Waals surface area contributed by atoms with Crippen molar-refractivity contribution < 1.29 is 18.4 Å². The molecule has 5 nitrogen and oxygen atoms in total. The third kappa shape index (κ3) is 6.79. The van der Waals surface area contributed by atoms with Crippen LogP contribution in [0, 0.1) is 5.92 Å². The van der Waals surface area contributed by atoms with Gasteiger partial charge in [-0.3, -0.25) is 14.5 Å². The van der Waals surface area contributed by atoms with E-state index >= 15 is 0 Å². The lowest BCUT2D eigenvalue weighted by molar-refractivity contribution is -0.128. The predicted molar refractivity (Wildman–Crippen MR) is 131 cm³/mol. The van der Waals surface area contributed by atoms with Gasteiger partial charge >= 0.3 is 0 Å². The Kier molecular flexibility index (Phi) is 8.72. The molecule has 2 aromatic carbocycles. The summed E-state index contributed by atoms with van der Waals surface area (Å²) < 4.78 is 25.8. The van der Waals surface area contributed by atoms with Crippen LogP contribution in [-0.2, 0) is 9.59 Å². The van der Waals surface area contributed by atoms with Crippen molar-refractivity contribution >= 4 is 67.8 Å². The highest BCUT2D eigenvalue weighted by Gasteiger charge is 2.39. The molecule has 170 valence electrons. The van der Waals surface area contributed by atoms with Crippen LogP contribution in [-0.4, -0.2) is 39.4 Å². The lowest BCUT2D eigenvalue weighted by Crippen LogP contribution is -2.36. The van der Waals surface area contributed by atoms with E-state index in [1.54, 1.807) is 35.2 Å². The number of thioether (sulfide) groups is 2. The summed E-state index contributed by atoms with van der Waals surface area (Å²) in [5, 5.41) is 2.76. The number of para-hydroxylation sites is 1. The van der Waals surface area contributed by atoms with E-state index in [9.17, 15) is 18.4 Å². The summed E-state index contributed by atoms with van der Waals surface area (Å²) in [6.07, 6.45) is 0.0163. The zero-order valence-corrected chi connectivity index (χ0v) is 20.6. The summed E-state index contributed by atoms with van der Waals surface area (Å²) in [6.45, 7) is 4.48. The Balaban J connectivity index is 1.74. The lowest BCUT2D eigenvalue weighted by atomic mass is 10.2. The Morgan fingerprint density at radius 3 is 2.53 bits per heavy atom. The Bertz CT molecular complexity index is 1000. The van der Waals surface area contributed by atoms with E-state index in [0.717, 1.165) is 4.47 Å². The van der Waals surface area contributed by atoms with Crippen molar-refractivity contribution in [2.75, 3.05) is 11.9 Å². The van der Waals surface area contributed by atoms with Crippen LogP contribution in [0.1, 0.15) is 20.3 Å². The standard InChI is InChI=1S/C22H22BrF2N3O2S2/c1-13(2)12-28-20(30)18(11-19(29)27-17-6-4-3-5-16(17)23)32-22(28)26-14-7-9-15(10-8-14)31-21(24)25/h3-10,13,18,21H,11-12H2,1-2H3,(H,27,29)/t18-/m0/s1. The van der Waals surface area contributed by atoms with Gasteiger partial charge in [-0.1, -0.05) is 49.5 Å². The SMILES string of the molecule is CC(C)CN1C(=O)[C@H](CC(=O)Nc2ccccc2Br)SC1=Nc1ccc(SC(F)F)cc1. The smallest absolute Gasteiger partial charge is 0.288 e. The maximum atomic E-state index is 13.0. The first-order chi connectivity index (χ1) is 15.2.